The van der Waals surface area contributed by atoms with Crippen LogP contribution in [0, 0.1) is 0 Å². The van der Waals surface area contributed by atoms with Crippen molar-refractivity contribution in [2.75, 3.05) is 55.6 Å². The zero-order valence-electron chi connectivity index (χ0n) is 31.7. The molecule has 0 unspecified atom stereocenters. The molecule has 0 fully saturated rings. The molecule has 7 rings (SSSR count). The van der Waals surface area contributed by atoms with Gasteiger partial charge in [0.1, 0.15) is 12.4 Å². The molecule has 0 saturated heterocycles. The molecule has 0 aromatic heterocycles. The predicted molar refractivity (Wildman–Crippen MR) is 208 cm³/mol. The Morgan fingerprint density at radius 2 is 1.04 bits per heavy atom. The third-order valence-corrected chi connectivity index (χ3v) is 10.8. The van der Waals surface area contributed by atoms with Crippen LogP contribution in [0.2, 0.25) is 0 Å². The molecular weight excluding hydrogens is 665 g/mol. The van der Waals surface area contributed by atoms with Gasteiger partial charge in [-0.05, 0) is 127 Å². The standard InChI is InChI=1S/C45H50N2O6/c1-46-20-19-34-26-42(50-5)45(28-37(34)38(46)22-30-12-15-35(48-3)16-13-30)53-44-24-32(14-17-40(44)52-29-31-10-8-7-9-11-31)23-39-36-27-43(51-6)41(49-4)25-33(36)18-21-47(39)2/h7-17,24-28,38-39H,18-23,29H2,1-6H3/t38-,39+/m1/s1. The number of methoxy groups -OCH3 is 4. The zero-order valence-corrected chi connectivity index (χ0v) is 31.7. The molecule has 0 bridgehead atoms. The number of fused-ring (bicyclic) bond motifs is 2. The largest absolute Gasteiger partial charge is 0.497 e. The van der Waals surface area contributed by atoms with Crippen molar-refractivity contribution in [1.29, 1.82) is 0 Å². The van der Waals surface area contributed by atoms with Crippen LogP contribution in [0.15, 0.2) is 97.1 Å². The van der Waals surface area contributed by atoms with E-state index in [1.807, 2.05) is 36.4 Å². The lowest BCUT2D eigenvalue weighted by atomic mass is 9.88. The maximum Gasteiger partial charge on any atom is 0.169 e. The first-order valence-corrected chi connectivity index (χ1v) is 18.3. The van der Waals surface area contributed by atoms with Crippen LogP contribution in [0.4, 0.5) is 0 Å². The van der Waals surface area contributed by atoms with Crippen molar-refractivity contribution < 1.29 is 28.4 Å². The molecule has 0 saturated carbocycles. The summed E-state index contributed by atoms with van der Waals surface area (Å²) in [5.74, 6) is 5.07. The molecule has 8 nitrogen and oxygen atoms in total. The van der Waals surface area contributed by atoms with Crippen molar-refractivity contribution in [2.24, 2.45) is 0 Å². The molecule has 5 aromatic carbocycles. The molecule has 2 heterocycles. The minimum absolute atomic E-state index is 0.148. The van der Waals surface area contributed by atoms with Gasteiger partial charge in [0.25, 0.3) is 0 Å². The van der Waals surface area contributed by atoms with E-state index >= 15 is 0 Å². The second kappa shape index (κ2) is 16.2. The molecule has 0 spiro atoms. The van der Waals surface area contributed by atoms with Crippen LogP contribution in [0.5, 0.6) is 40.2 Å². The molecular formula is C45H50N2O6. The maximum atomic E-state index is 6.91. The highest BCUT2D eigenvalue weighted by atomic mass is 16.5. The predicted octanol–water partition coefficient (Wildman–Crippen LogP) is 8.64. The summed E-state index contributed by atoms with van der Waals surface area (Å²) in [5.41, 5.74) is 8.56. The number of hydrogen-bond acceptors (Lipinski definition) is 8. The number of hydrogen-bond donors (Lipinski definition) is 0. The van der Waals surface area contributed by atoms with E-state index in [2.05, 4.69) is 84.6 Å². The van der Waals surface area contributed by atoms with E-state index in [4.69, 9.17) is 28.4 Å². The molecule has 0 N–H and O–H groups in total. The fraction of sp³-hybridized carbons (Fsp3) is 0.333. The molecule has 2 aliphatic rings. The zero-order chi connectivity index (χ0) is 36.9. The third kappa shape index (κ3) is 7.94. The molecule has 0 radical (unpaired) electrons. The lowest BCUT2D eigenvalue weighted by Gasteiger charge is -2.35. The van der Waals surface area contributed by atoms with Crippen LogP contribution >= 0.6 is 0 Å². The van der Waals surface area contributed by atoms with Gasteiger partial charge in [0, 0.05) is 25.2 Å². The first-order valence-electron chi connectivity index (χ1n) is 18.3. The topological polar surface area (TPSA) is 61.9 Å². The van der Waals surface area contributed by atoms with E-state index in [0.29, 0.717) is 29.6 Å². The van der Waals surface area contributed by atoms with Crippen LogP contribution in [0.25, 0.3) is 0 Å². The van der Waals surface area contributed by atoms with Crippen molar-refractivity contribution in [3.63, 3.8) is 0 Å². The van der Waals surface area contributed by atoms with Gasteiger partial charge in [-0.1, -0.05) is 48.5 Å². The lowest BCUT2D eigenvalue weighted by Crippen LogP contribution is -2.33. The summed E-state index contributed by atoms with van der Waals surface area (Å²) in [6, 6.07) is 33.8. The van der Waals surface area contributed by atoms with Gasteiger partial charge in [-0.25, -0.2) is 0 Å². The summed E-state index contributed by atoms with van der Waals surface area (Å²) in [4.78, 5) is 4.85. The second-order valence-corrected chi connectivity index (χ2v) is 14.0. The fourth-order valence-electron chi connectivity index (χ4n) is 7.70. The van der Waals surface area contributed by atoms with Crippen molar-refractivity contribution >= 4 is 0 Å². The van der Waals surface area contributed by atoms with Crippen LogP contribution in [0.3, 0.4) is 0 Å². The summed E-state index contributed by atoms with van der Waals surface area (Å²) in [6.07, 6.45) is 3.54. The Morgan fingerprint density at radius 1 is 0.509 bits per heavy atom. The molecule has 0 aliphatic carbocycles. The Balaban J connectivity index is 1.24. The van der Waals surface area contributed by atoms with E-state index < -0.39 is 0 Å². The molecule has 8 heteroatoms. The van der Waals surface area contributed by atoms with E-state index in [9.17, 15) is 0 Å². The molecule has 0 amide bonds. The smallest absolute Gasteiger partial charge is 0.169 e. The summed E-state index contributed by atoms with van der Waals surface area (Å²) in [7, 11) is 11.2. The Hall–Kier alpha value is -5.18. The average Bonchev–Trinajstić information content (AvgIpc) is 3.19. The highest BCUT2D eigenvalue weighted by Crippen LogP contribution is 2.44. The van der Waals surface area contributed by atoms with E-state index in [-0.39, 0.29) is 12.1 Å². The SMILES string of the molecule is COc1ccc(C[C@@H]2c3cc(Oc4cc(C[C@H]5c6cc(OC)c(OC)cc6CCN5C)ccc4OCc4ccccc4)c(OC)cc3CCN2C)cc1. The van der Waals surface area contributed by atoms with Crippen LogP contribution < -0.4 is 28.4 Å². The Morgan fingerprint density at radius 3 is 1.64 bits per heavy atom. The minimum atomic E-state index is 0.148. The van der Waals surface area contributed by atoms with Crippen LogP contribution in [-0.2, 0) is 32.3 Å². The molecule has 2 atom stereocenters. The highest BCUT2D eigenvalue weighted by molar-refractivity contribution is 5.55. The lowest BCUT2D eigenvalue weighted by molar-refractivity contribution is 0.227. The van der Waals surface area contributed by atoms with E-state index in [1.54, 1.807) is 28.4 Å². The highest BCUT2D eigenvalue weighted by Gasteiger charge is 2.29. The monoisotopic (exact) mass is 714 g/mol. The summed E-state index contributed by atoms with van der Waals surface area (Å²) < 4.78 is 36.1. The van der Waals surface area contributed by atoms with E-state index in [0.717, 1.165) is 67.1 Å². The number of ether oxygens (including phenoxy) is 6. The van der Waals surface area contributed by atoms with Crippen molar-refractivity contribution in [1.82, 2.24) is 9.80 Å². The van der Waals surface area contributed by atoms with Gasteiger partial charge in [-0.15, -0.1) is 0 Å². The van der Waals surface area contributed by atoms with Crippen molar-refractivity contribution in [2.45, 2.75) is 44.4 Å². The molecule has 5 aromatic rings. The van der Waals surface area contributed by atoms with Crippen molar-refractivity contribution in [3.8, 4) is 40.2 Å². The summed E-state index contributed by atoms with van der Waals surface area (Å²) in [6.45, 7) is 2.34. The summed E-state index contributed by atoms with van der Waals surface area (Å²) >= 11 is 0. The van der Waals surface area contributed by atoms with Gasteiger partial charge < -0.3 is 28.4 Å². The van der Waals surface area contributed by atoms with Gasteiger partial charge in [-0.2, -0.15) is 0 Å². The summed E-state index contributed by atoms with van der Waals surface area (Å²) in [5, 5.41) is 0. The van der Waals surface area contributed by atoms with Gasteiger partial charge in [0.05, 0.1) is 28.4 Å². The van der Waals surface area contributed by atoms with Crippen LogP contribution in [-0.4, -0.2) is 65.4 Å². The molecule has 2 aliphatic heterocycles. The quantitative estimate of drug-likeness (QED) is 0.120. The van der Waals surface area contributed by atoms with Gasteiger partial charge in [0.2, 0.25) is 0 Å². The number of likely N-dealkylation sites (N-methyl/N-ethyl adjacent to an activating group) is 2. The first kappa shape index (κ1) is 36.2. The number of nitrogens with zero attached hydrogens (tertiary/aromatic N) is 2. The minimum Gasteiger partial charge on any atom is -0.497 e. The van der Waals surface area contributed by atoms with Gasteiger partial charge in [-0.3, -0.25) is 9.80 Å². The molecule has 53 heavy (non-hydrogen) atoms. The first-order chi connectivity index (χ1) is 25.9. The number of rotatable bonds is 13. The Kier molecular flexibility index (Phi) is 11.1. The Labute approximate surface area is 313 Å². The van der Waals surface area contributed by atoms with Crippen LogP contribution in [0.1, 0.15) is 51.0 Å². The Bertz CT molecular complexity index is 2010. The normalized spacial score (nSPS) is 17.0. The second-order valence-electron chi connectivity index (χ2n) is 14.0. The average molecular weight is 715 g/mol. The van der Waals surface area contributed by atoms with E-state index in [1.165, 1.54) is 27.8 Å². The molecule has 276 valence electrons. The van der Waals surface area contributed by atoms with Gasteiger partial charge >= 0.3 is 0 Å². The fourth-order valence-corrected chi connectivity index (χ4v) is 7.70. The number of benzene rings is 5. The third-order valence-electron chi connectivity index (χ3n) is 10.8. The maximum absolute atomic E-state index is 6.91. The van der Waals surface area contributed by atoms with Gasteiger partial charge in [0.15, 0.2) is 34.5 Å². The van der Waals surface area contributed by atoms with Crippen molar-refractivity contribution in [3.05, 3.63) is 136 Å².